The predicted molar refractivity (Wildman–Crippen MR) is 60.7 cm³/mol. The molecule has 86 valence electrons. The van der Waals surface area contributed by atoms with Gasteiger partial charge in [-0.3, -0.25) is 4.68 Å². The molecule has 0 aliphatic heterocycles. The van der Waals surface area contributed by atoms with Crippen molar-refractivity contribution in [2.24, 2.45) is 7.05 Å². The molecule has 1 aromatic heterocycles. The van der Waals surface area contributed by atoms with E-state index in [-0.39, 0.29) is 11.6 Å². The average molecular weight is 211 g/mol. The molecule has 2 atom stereocenters. The van der Waals surface area contributed by atoms with Gasteiger partial charge in [0.1, 0.15) is 0 Å². The van der Waals surface area contributed by atoms with Gasteiger partial charge in [0.05, 0.1) is 17.3 Å². The zero-order valence-electron chi connectivity index (χ0n) is 10.2. The standard InChI is InChI=1S/C11H21N3O/c1-6-11(2,15-5)10(12-3)9-7-8-14(4)13-9/h7-8,10,12H,6H2,1-5H3. The molecule has 0 saturated carbocycles. The average Bonchev–Trinajstić information content (AvgIpc) is 2.65. The molecular formula is C11H21N3O. The van der Waals surface area contributed by atoms with E-state index in [0.717, 1.165) is 12.1 Å². The van der Waals surface area contributed by atoms with Gasteiger partial charge in [-0.05, 0) is 26.5 Å². The zero-order chi connectivity index (χ0) is 11.5. The predicted octanol–water partition coefficient (Wildman–Crippen LogP) is 1.50. The number of aromatic nitrogens is 2. The van der Waals surface area contributed by atoms with Crippen LogP contribution >= 0.6 is 0 Å². The highest BCUT2D eigenvalue weighted by Crippen LogP contribution is 2.30. The van der Waals surface area contributed by atoms with Gasteiger partial charge in [-0.1, -0.05) is 6.92 Å². The Morgan fingerprint density at radius 1 is 1.67 bits per heavy atom. The second-order valence-electron chi connectivity index (χ2n) is 4.01. The minimum absolute atomic E-state index is 0.119. The van der Waals surface area contributed by atoms with Crippen LogP contribution in [0.3, 0.4) is 0 Å². The van der Waals surface area contributed by atoms with Gasteiger partial charge in [0, 0.05) is 20.4 Å². The highest BCUT2D eigenvalue weighted by molar-refractivity contribution is 5.11. The number of rotatable bonds is 5. The SMILES string of the molecule is CCC(C)(OC)C(NC)c1ccn(C)n1. The van der Waals surface area contributed by atoms with Gasteiger partial charge in [0.15, 0.2) is 0 Å². The lowest BCUT2D eigenvalue weighted by atomic mass is 9.91. The van der Waals surface area contributed by atoms with E-state index in [1.807, 2.05) is 31.0 Å². The van der Waals surface area contributed by atoms with Crippen molar-refractivity contribution in [3.05, 3.63) is 18.0 Å². The molecule has 1 aromatic rings. The number of aryl methyl sites for hydroxylation is 1. The molecule has 0 bridgehead atoms. The summed E-state index contributed by atoms with van der Waals surface area (Å²) in [5.41, 5.74) is 0.800. The first kappa shape index (κ1) is 12.2. The second kappa shape index (κ2) is 4.77. The van der Waals surface area contributed by atoms with Crippen LogP contribution in [0, 0.1) is 0 Å². The van der Waals surface area contributed by atoms with E-state index in [0.29, 0.717) is 0 Å². The third-order valence-electron chi connectivity index (χ3n) is 3.10. The number of methoxy groups -OCH3 is 1. The molecule has 0 aliphatic carbocycles. The van der Waals surface area contributed by atoms with Gasteiger partial charge in [0.25, 0.3) is 0 Å². The van der Waals surface area contributed by atoms with Gasteiger partial charge in [-0.2, -0.15) is 5.10 Å². The Morgan fingerprint density at radius 2 is 2.33 bits per heavy atom. The highest BCUT2D eigenvalue weighted by atomic mass is 16.5. The normalized spacial score (nSPS) is 17.4. The number of nitrogens with zero attached hydrogens (tertiary/aromatic N) is 2. The second-order valence-corrected chi connectivity index (χ2v) is 4.01. The van der Waals surface area contributed by atoms with Crippen LogP contribution in [0.2, 0.25) is 0 Å². The fourth-order valence-electron chi connectivity index (χ4n) is 1.82. The summed E-state index contributed by atoms with van der Waals surface area (Å²) in [6.45, 7) is 4.22. The van der Waals surface area contributed by atoms with Crippen molar-refractivity contribution in [1.29, 1.82) is 0 Å². The summed E-state index contributed by atoms with van der Waals surface area (Å²) < 4.78 is 7.40. The van der Waals surface area contributed by atoms with Crippen molar-refractivity contribution in [2.45, 2.75) is 31.9 Å². The Kier molecular flexibility index (Phi) is 3.88. The van der Waals surface area contributed by atoms with E-state index in [1.54, 1.807) is 7.11 Å². The van der Waals surface area contributed by atoms with Gasteiger partial charge in [0.2, 0.25) is 0 Å². The number of ether oxygens (including phenoxy) is 1. The fraction of sp³-hybridized carbons (Fsp3) is 0.727. The maximum absolute atomic E-state index is 5.59. The van der Waals surface area contributed by atoms with Crippen molar-refractivity contribution < 1.29 is 4.74 Å². The van der Waals surface area contributed by atoms with Crippen LogP contribution in [-0.4, -0.2) is 29.5 Å². The van der Waals surface area contributed by atoms with E-state index >= 15 is 0 Å². The first-order valence-corrected chi connectivity index (χ1v) is 5.29. The highest BCUT2D eigenvalue weighted by Gasteiger charge is 2.34. The van der Waals surface area contributed by atoms with Crippen molar-refractivity contribution in [2.75, 3.05) is 14.2 Å². The van der Waals surface area contributed by atoms with Crippen LogP contribution in [0.15, 0.2) is 12.3 Å². The molecule has 1 rings (SSSR count). The molecule has 15 heavy (non-hydrogen) atoms. The van der Waals surface area contributed by atoms with Gasteiger partial charge >= 0.3 is 0 Å². The lowest BCUT2D eigenvalue weighted by Crippen LogP contribution is -2.41. The Bertz CT molecular complexity index is 305. The minimum atomic E-state index is -0.219. The minimum Gasteiger partial charge on any atom is -0.376 e. The maximum atomic E-state index is 5.59. The Balaban J connectivity index is 2.97. The molecule has 2 unspecified atom stereocenters. The third-order valence-corrected chi connectivity index (χ3v) is 3.10. The first-order valence-electron chi connectivity index (χ1n) is 5.29. The van der Waals surface area contributed by atoms with Crippen LogP contribution in [0.4, 0.5) is 0 Å². The van der Waals surface area contributed by atoms with Crippen molar-refractivity contribution >= 4 is 0 Å². The Morgan fingerprint density at radius 3 is 2.67 bits per heavy atom. The molecule has 0 saturated heterocycles. The summed E-state index contributed by atoms with van der Waals surface area (Å²) in [6, 6.07) is 2.14. The topological polar surface area (TPSA) is 39.1 Å². The summed E-state index contributed by atoms with van der Waals surface area (Å²) in [5.74, 6) is 0. The zero-order valence-corrected chi connectivity index (χ0v) is 10.2. The lowest BCUT2D eigenvalue weighted by Gasteiger charge is -2.34. The van der Waals surface area contributed by atoms with E-state index < -0.39 is 0 Å². The van der Waals surface area contributed by atoms with Crippen LogP contribution in [0.25, 0.3) is 0 Å². The molecule has 0 radical (unpaired) electrons. The molecule has 4 heteroatoms. The van der Waals surface area contributed by atoms with Crippen LogP contribution in [-0.2, 0) is 11.8 Å². The molecule has 0 aromatic carbocycles. The smallest absolute Gasteiger partial charge is 0.0857 e. The summed E-state index contributed by atoms with van der Waals surface area (Å²) in [4.78, 5) is 0. The summed E-state index contributed by atoms with van der Waals surface area (Å²) in [7, 11) is 5.61. The van der Waals surface area contributed by atoms with Crippen molar-refractivity contribution in [3.63, 3.8) is 0 Å². The van der Waals surface area contributed by atoms with Crippen molar-refractivity contribution in [3.8, 4) is 0 Å². The number of hydrogen-bond acceptors (Lipinski definition) is 3. The molecule has 4 nitrogen and oxygen atoms in total. The van der Waals surface area contributed by atoms with Crippen LogP contribution < -0.4 is 5.32 Å². The Hall–Kier alpha value is -0.870. The van der Waals surface area contributed by atoms with E-state index in [1.165, 1.54) is 0 Å². The molecule has 0 aliphatic rings. The summed E-state index contributed by atoms with van der Waals surface area (Å²) >= 11 is 0. The number of nitrogens with one attached hydrogen (secondary N) is 1. The maximum Gasteiger partial charge on any atom is 0.0857 e. The lowest BCUT2D eigenvalue weighted by molar-refractivity contribution is -0.0292. The van der Waals surface area contributed by atoms with E-state index in [4.69, 9.17) is 4.74 Å². The molecule has 0 spiro atoms. The van der Waals surface area contributed by atoms with Crippen LogP contribution in [0.5, 0.6) is 0 Å². The molecule has 0 fully saturated rings. The third kappa shape index (κ3) is 2.38. The summed E-state index contributed by atoms with van der Waals surface area (Å²) in [5, 5.41) is 7.69. The number of hydrogen-bond donors (Lipinski definition) is 1. The molecule has 1 heterocycles. The monoisotopic (exact) mass is 211 g/mol. The van der Waals surface area contributed by atoms with Gasteiger partial charge in [-0.15, -0.1) is 0 Å². The molecule has 0 amide bonds. The van der Waals surface area contributed by atoms with Crippen molar-refractivity contribution in [1.82, 2.24) is 15.1 Å². The Labute approximate surface area is 91.6 Å². The quantitative estimate of drug-likeness (QED) is 0.802. The van der Waals surface area contributed by atoms with Gasteiger partial charge < -0.3 is 10.1 Å². The van der Waals surface area contributed by atoms with E-state index in [2.05, 4.69) is 24.3 Å². The summed E-state index contributed by atoms with van der Waals surface area (Å²) in [6.07, 6.45) is 2.89. The van der Waals surface area contributed by atoms with Crippen LogP contribution in [0.1, 0.15) is 32.0 Å². The fourth-order valence-corrected chi connectivity index (χ4v) is 1.82. The molecule has 1 N–H and O–H groups in total. The molecular weight excluding hydrogens is 190 g/mol. The van der Waals surface area contributed by atoms with Gasteiger partial charge in [-0.25, -0.2) is 0 Å². The number of likely N-dealkylation sites (N-methyl/N-ethyl adjacent to an activating group) is 1. The largest absolute Gasteiger partial charge is 0.376 e. The first-order chi connectivity index (χ1) is 7.07. The van der Waals surface area contributed by atoms with E-state index in [9.17, 15) is 0 Å².